The molecule has 40 valence electrons. The molecule has 0 spiro atoms. The predicted molar refractivity (Wildman–Crippen MR) is 32.1 cm³/mol. The molecule has 0 saturated carbocycles. The molecular weight excluding hydrogens is 130 g/mol. The molecule has 1 unspecified atom stereocenters. The summed E-state index contributed by atoms with van der Waals surface area (Å²) in [6, 6.07) is 0. The van der Waals surface area contributed by atoms with Crippen molar-refractivity contribution < 1.29 is 4.55 Å². The van der Waals surface area contributed by atoms with Gasteiger partial charge in [0.2, 0.25) is 0 Å². The molecular formula is C3H5NOS2. The maximum absolute atomic E-state index is 10.1. The van der Waals surface area contributed by atoms with Crippen molar-refractivity contribution in [1.82, 2.24) is 0 Å². The summed E-state index contributed by atoms with van der Waals surface area (Å²) >= 11 is 0.197. The summed E-state index contributed by atoms with van der Waals surface area (Å²) < 4.78 is 10.1. The number of nitrogens with zero attached hydrogens (tertiary/aromatic N) is 1. The molecule has 0 aliphatic heterocycles. The summed E-state index contributed by atoms with van der Waals surface area (Å²) in [5.41, 5.74) is 0. The van der Waals surface area contributed by atoms with Gasteiger partial charge in [0.15, 0.2) is 5.08 Å². The van der Waals surface area contributed by atoms with Gasteiger partial charge in [0.25, 0.3) is 0 Å². The number of thioether (sulfide) groups is 1. The molecule has 0 aliphatic carbocycles. The van der Waals surface area contributed by atoms with E-state index in [4.69, 9.17) is 5.26 Å². The summed E-state index contributed by atoms with van der Waals surface area (Å²) in [5.74, 6) is 0. The third-order valence-electron chi connectivity index (χ3n) is 0.289. The van der Waals surface area contributed by atoms with Crippen molar-refractivity contribution >= 4 is 22.9 Å². The van der Waals surface area contributed by atoms with E-state index in [0.717, 1.165) is 11.8 Å². The fourth-order valence-corrected chi connectivity index (χ4v) is 0.984. The van der Waals surface area contributed by atoms with Crippen LogP contribution in [0.4, 0.5) is 0 Å². The number of rotatable bonds is 2. The third-order valence-corrected chi connectivity index (χ3v) is 2.22. The first-order chi connectivity index (χ1) is 3.27. The van der Waals surface area contributed by atoms with Crippen LogP contribution in [-0.2, 0) is 11.2 Å². The molecule has 2 nitrogen and oxygen atoms in total. The Bertz CT molecular complexity index is 77.5. The Morgan fingerprint density at radius 2 is 2.57 bits per heavy atom. The number of nitriles is 1. The quantitative estimate of drug-likeness (QED) is 0.410. The Morgan fingerprint density at radius 1 is 2.00 bits per heavy atom. The molecule has 0 aromatic heterocycles. The van der Waals surface area contributed by atoms with Crippen LogP contribution in [0.5, 0.6) is 0 Å². The van der Waals surface area contributed by atoms with E-state index < -0.39 is 11.2 Å². The SMILES string of the molecule is C[S+]([O-])CSC#N. The van der Waals surface area contributed by atoms with Gasteiger partial charge in [-0.25, -0.2) is 0 Å². The Labute approximate surface area is 50.1 Å². The Balaban J connectivity index is 2.86. The predicted octanol–water partition coefficient (Wildman–Crippen LogP) is 0.537. The highest BCUT2D eigenvalue weighted by atomic mass is 32.3. The van der Waals surface area contributed by atoms with Crippen molar-refractivity contribution in [1.29, 1.82) is 5.26 Å². The maximum Gasteiger partial charge on any atom is 0.164 e. The lowest BCUT2D eigenvalue weighted by Gasteiger charge is -1.96. The van der Waals surface area contributed by atoms with Crippen LogP contribution in [0.15, 0.2) is 0 Å². The first-order valence-corrected chi connectivity index (χ1v) is 4.29. The second-order valence-corrected chi connectivity index (χ2v) is 3.49. The maximum atomic E-state index is 10.1. The molecule has 7 heavy (non-hydrogen) atoms. The molecule has 0 aliphatic rings. The number of hydrogen-bond acceptors (Lipinski definition) is 3. The average molecular weight is 135 g/mol. The van der Waals surface area contributed by atoms with E-state index in [-0.39, 0.29) is 0 Å². The summed E-state index contributed by atoms with van der Waals surface area (Å²) in [4.78, 5) is 0. The number of hydrogen-bond donors (Lipinski definition) is 0. The standard InChI is InChI=1S/C3H5NOS2/c1-7(5)3-6-2-4/h3H2,1H3. The summed E-state index contributed by atoms with van der Waals surface area (Å²) in [5, 5.41) is 10.1. The van der Waals surface area contributed by atoms with E-state index in [1.54, 1.807) is 6.26 Å². The molecule has 0 amide bonds. The second-order valence-electron chi connectivity index (χ2n) is 0.927. The highest BCUT2D eigenvalue weighted by molar-refractivity contribution is 8.14. The van der Waals surface area contributed by atoms with Crippen LogP contribution in [-0.4, -0.2) is 15.9 Å². The molecule has 0 N–H and O–H groups in total. The van der Waals surface area contributed by atoms with Crippen molar-refractivity contribution in [2.45, 2.75) is 0 Å². The monoisotopic (exact) mass is 135 g/mol. The van der Waals surface area contributed by atoms with Crippen LogP contribution in [0, 0.1) is 10.7 Å². The highest BCUT2D eigenvalue weighted by Gasteiger charge is 1.92. The van der Waals surface area contributed by atoms with E-state index in [1.165, 1.54) is 0 Å². The minimum atomic E-state index is -0.825. The molecule has 1 atom stereocenters. The molecule has 4 heteroatoms. The topological polar surface area (TPSA) is 46.8 Å². The number of thiocyanates is 1. The minimum Gasteiger partial charge on any atom is -0.616 e. The molecule has 0 bridgehead atoms. The second kappa shape index (κ2) is 4.31. The van der Waals surface area contributed by atoms with Gasteiger partial charge in [0.1, 0.15) is 5.40 Å². The van der Waals surface area contributed by atoms with Crippen molar-refractivity contribution in [2.24, 2.45) is 0 Å². The summed E-state index contributed by atoms with van der Waals surface area (Å²) in [6.45, 7) is 0. The normalized spacial score (nSPS) is 12.7. The van der Waals surface area contributed by atoms with E-state index in [9.17, 15) is 4.55 Å². The largest absolute Gasteiger partial charge is 0.616 e. The first kappa shape index (κ1) is 7.15. The van der Waals surface area contributed by atoms with Gasteiger partial charge in [-0.2, -0.15) is 5.26 Å². The van der Waals surface area contributed by atoms with Gasteiger partial charge in [-0.05, 0) is 11.2 Å². The Hall–Kier alpha value is 0.150. The van der Waals surface area contributed by atoms with Gasteiger partial charge in [-0.3, -0.25) is 0 Å². The van der Waals surface area contributed by atoms with E-state index in [1.807, 2.05) is 5.40 Å². The Kier molecular flexibility index (Phi) is 4.41. The molecule has 0 aromatic carbocycles. The minimum absolute atomic E-state index is 0.427. The lowest BCUT2D eigenvalue weighted by molar-refractivity contribution is 0.605. The molecule has 0 saturated heterocycles. The van der Waals surface area contributed by atoms with E-state index in [2.05, 4.69) is 0 Å². The van der Waals surface area contributed by atoms with Gasteiger partial charge in [-0.15, -0.1) is 0 Å². The van der Waals surface area contributed by atoms with Crippen molar-refractivity contribution in [3.05, 3.63) is 0 Å². The van der Waals surface area contributed by atoms with Crippen LogP contribution in [0.2, 0.25) is 0 Å². The molecule has 0 heterocycles. The van der Waals surface area contributed by atoms with Gasteiger partial charge < -0.3 is 4.55 Å². The van der Waals surface area contributed by atoms with Gasteiger partial charge in [-0.1, -0.05) is 0 Å². The van der Waals surface area contributed by atoms with Gasteiger partial charge in [0.05, 0.1) is 6.26 Å². The zero-order valence-electron chi connectivity index (χ0n) is 3.88. The summed E-state index contributed by atoms with van der Waals surface area (Å²) in [7, 11) is 0. The fraction of sp³-hybridized carbons (Fsp3) is 0.667. The molecule has 0 rings (SSSR count). The zero-order chi connectivity index (χ0) is 5.70. The van der Waals surface area contributed by atoms with Crippen molar-refractivity contribution in [2.75, 3.05) is 11.3 Å². The zero-order valence-corrected chi connectivity index (χ0v) is 5.51. The lowest BCUT2D eigenvalue weighted by atomic mass is 11.8. The van der Waals surface area contributed by atoms with Crippen LogP contribution >= 0.6 is 11.8 Å². The van der Waals surface area contributed by atoms with Crippen molar-refractivity contribution in [3.8, 4) is 5.40 Å². The average Bonchev–Trinajstić information content (AvgIpc) is 1.61. The molecule has 0 fully saturated rings. The first-order valence-electron chi connectivity index (χ1n) is 1.58. The molecule has 0 aromatic rings. The fourth-order valence-electron chi connectivity index (χ4n) is 0.109. The molecule has 0 radical (unpaired) electrons. The van der Waals surface area contributed by atoms with Crippen LogP contribution in [0.3, 0.4) is 0 Å². The highest BCUT2D eigenvalue weighted by Crippen LogP contribution is 1.99. The van der Waals surface area contributed by atoms with Gasteiger partial charge >= 0.3 is 0 Å². The van der Waals surface area contributed by atoms with E-state index in [0.29, 0.717) is 5.08 Å². The van der Waals surface area contributed by atoms with Crippen LogP contribution in [0.25, 0.3) is 0 Å². The third kappa shape index (κ3) is 6.15. The van der Waals surface area contributed by atoms with Gasteiger partial charge in [0, 0.05) is 11.8 Å². The lowest BCUT2D eigenvalue weighted by Crippen LogP contribution is -1.96. The smallest absolute Gasteiger partial charge is 0.164 e. The Morgan fingerprint density at radius 3 is 2.71 bits per heavy atom. The van der Waals surface area contributed by atoms with Crippen LogP contribution < -0.4 is 0 Å². The summed E-state index contributed by atoms with van der Waals surface area (Å²) in [6.07, 6.45) is 1.57. The van der Waals surface area contributed by atoms with E-state index >= 15 is 0 Å². The van der Waals surface area contributed by atoms with Crippen LogP contribution in [0.1, 0.15) is 0 Å². The van der Waals surface area contributed by atoms with Crippen molar-refractivity contribution in [3.63, 3.8) is 0 Å².